The van der Waals surface area contributed by atoms with E-state index in [0.29, 0.717) is 11.1 Å². The molecule has 0 saturated heterocycles. The zero-order chi connectivity index (χ0) is 13.0. The van der Waals surface area contributed by atoms with E-state index in [1.165, 1.54) is 32.1 Å². The summed E-state index contributed by atoms with van der Waals surface area (Å²) in [7, 11) is 0. The van der Waals surface area contributed by atoms with Crippen LogP contribution in [0.15, 0.2) is 18.2 Å². The fourth-order valence-corrected chi connectivity index (χ4v) is 3.09. The van der Waals surface area contributed by atoms with Crippen LogP contribution >= 0.6 is 23.2 Å². The monoisotopic (exact) mass is 285 g/mol. The molecule has 1 aromatic carbocycles. The van der Waals surface area contributed by atoms with Crippen LogP contribution in [0.5, 0.6) is 0 Å². The Hall–Kier alpha value is -0.240. The Balaban J connectivity index is 1.87. The summed E-state index contributed by atoms with van der Waals surface area (Å²) in [4.78, 5) is 0. The van der Waals surface area contributed by atoms with E-state index >= 15 is 0 Å². The second-order valence-electron chi connectivity index (χ2n) is 5.43. The lowest BCUT2D eigenvalue weighted by molar-refractivity contribution is 0.447. The van der Waals surface area contributed by atoms with Crippen molar-refractivity contribution in [3.63, 3.8) is 0 Å². The highest BCUT2D eigenvalue weighted by Gasteiger charge is 2.15. The summed E-state index contributed by atoms with van der Waals surface area (Å²) < 4.78 is 0. The molecule has 0 amide bonds. The van der Waals surface area contributed by atoms with Crippen molar-refractivity contribution in [2.24, 2.45) is 5.92 Å². The van der Waals surface area contributed by atoms with Gasteiger partial charge in [0.05, 0.1) is 0 Å². The van der Waals surface area contributed by atoms with Crippen molar-refractivity contribution in [3.05, 3.63) is 33.8 Å². The molecule has 0 aliphatic heterocycles. The Bertz CT molecular complexity index is 392. The van der Waals surface area contributed by atoms with Gasteiger partial charge in [-0.05, 0) is 42.9 Å². The van der Waals surface area contributed by atoms with Gasteiger partial charge in [-0.2, -0.15) is 0 Å². The highest BCUT2D eigenvalue weighted by atomic mass is 35.5. The molecule has 0 heterocycles. The minimum Gasteiger partial charge on any atom is -0.310 e. The van der Waals surface area contributed by atoms with Crippen LogP contribution in [0.4, 0.5) is 0 Å². The lowest BCUT2D eigenvalue weighted by Crippen LogP contribution is -2.28. The molecule has 1 nitrogen and oxygen atoms in total. The normalized spacial score (nSPS) is 24.8. The number of benzene rings is 1. The van der Waals surface area contributed by atoms with Crippen LogP contribution in [-0.4, -0.2) is 6.04 Å². The van der Waals surface area contributed by atoms with Gasteiger partial charge in [-0.15, -0.1) is 0 Å². The number of nitrogens with one attached hydrogen (secondary N) is 1. The lowest BCUT2D eigenvalue weighted by Gasteiger charge is -2.17. The van der Waals surface area contributed by atoms with Crippen molar-refractivity contribution in [1.82, 2.24) is 5.32 Å². The third kappa shape index (κ3) is 4.15. The van der Waals surface area contributed by atoms with Crippen LogP contribution in [0, 0.1) is 5.92 Å². The quantitative estimate of drug-likeness (QED) is 0.766. The SMILES string of the molecule is CC1CCCC(NCc2ccc(Cl)cc2Cl)CC1. The number of halogens is 2. The molecule has 2 unspecified atom stereocenters. The van der Waals surface area contributed by atoms with Crippen LogP contribution in [0.2, 0.25) is 10.0 Å². The maximum absolute atomic E-state index is 6.18. The molecule has 2 rings (SSSR count). The maximum atomic E-state index is 6.18. The summed E-state index contributed by atoms with van der Waals surface area (Å²) in [6, 6.07) is 6.37. The summed E-state index contributed by atoms with van der Waals surface area (Å²) in [6.45, 7) is 3.20. The predicted molar refractivity (Wildman–Crippen MR) is 79.3 cm³/mol. The third-order valence-electron chi connectivity index (χ3n) is 3.85. The molecule has 2 atom stereocenters. The first-order valence-corrected chi connectivity index (χ1v) is 7.58. The molecule has 0 aromatic heterocycles. The first-order valence-electron chi connectivity index (χ1n) is 6.82. The van der Waals surface area contributed by atoms with Crippen molar-refractivity contribution in [2.45, 2.75) is 51.6 Å². The first-order chi connectivity index (χ1) is 8.65. The van der Waals surface area contributed by atoms with Crippen molar-refractivity contribution < 1.29 is 0 Å². The van der Waals surface area contributed by atoms with Crippen LogP contribution in [0.3, 0.4) is 0 Å². The summed E-state index contributed by atoms with van der Waals surface area (Å²) in [5.41, 5.74) is 1.14. The Morgan fingerprint density at radius 3 is 2.78 bits per heavy atom. The Labute approximate surface area is 120 Å². The van der Waals surface area contributed by atoms with Gasteiger partial charge in [0.2, 0.25) is 0 Å². The molecule has 1 aliphatic carbocycles. The Kier molecular flexibility index (Phi) is 5.35. The van der Waals surface area contributed by atoms with E-state index in [1.807, 2.05) is 18.2 Å². The van der Waals surface area contributed by atoms with Crippen molar-refractivity contribution in [1.29, 1.82) is 0 Å². The summed E-state index contributed by atoms with van der Waals surface area (Å²) >= 11 is 12.1. The van der Waals surface area contributed by atoms with E-state index in [-0.39, 0.29) is 0 Å². The molecular weight excluding hydrogens is 265 g/mol. The molecule has 1 aromatic rings. The second kappa shape index (κ2) is 6.79. The van der Waals surface area contributed by atoms with Crippen molar-refractivity contribution >= 4 is 23.2 Å². The molecule has 1 aliphatic rings. The molecule has 1 saturated carbocycles. The molecule has 100 valence electrons. The zero-order valence-corrected chi connectivity index (χ0v) is 12.4. The van der Waals surface area contributed by atoms with E-state index in [1.54, 1.807) is 0 Å². The zero-order valence-electron chi connectivity index (χ0n) is 10.9. The lowest BCUT2D eigenvalue weighted by atomic mass is 10.0. The number of hydrogen-bond acceptors (Lipinski definition) is 1. The molecule has 0 bridgehead atoms. The van der Waals surface area contributed by atoms with Crippen molar-refractivity contribution in [2.75, 3.05) is 0 Å². The van der Waals surface area contributed by atoms with Gasteiger partial charge in [0.25, 0.3) is 0 Å². The largest absolute Gasteiger partial charge is 0.310 e. The average molecular weight is 286 g/mol. The fraction of sp³-hybridized carbons (Fsp3) is 0.600. The number of hydrogen-bond donors (Lipinski definition) is 1. The van der Waals surface area contributed by atoms with Crippen molar-refractivity contribution in [3.8, 4) is 0 Å². The summed E-state index contributed by atoms with van der Waals surface area (Å²) in [5, 5.41) is 5.09. The van der Waals surface area contributed by atoms with Gasteiger partial charge in [-0.1, -0.05) is 49.0 Å². The Morgan fingerprint density at radius 2 is 2.00 bits per heavy atom. The van der Waals surface area contributed by atoms with Gasteiger partial charge in [-0.3, -0.25) is 0 Å². The van der Waals surface area contributed by atoms with E-state index in [4.69, 9.17) is 23.2 Å². The predicted octanol–water partition coefficient (Wildman–Crippen LogP) is 5.05. The van der Waals surface area contributed by atoms with Gasteiger partial charge >= 0.3 is 0 Å². The maximum Gasteiger partial charge on any atom is 0.0465 e. The van der Waals surface area contributed by atoms with E-state index < -0.39 is 0 Å². The van der Waals surface area contributed by atoms with Gasteiger partial charge in [0, 0.05) is 22.6 Å². The summed E-state index contributed by atoms with van der Waals surface area (Å²) in [6.07, 6.45) is 6.63. The van der Waals surface area contributed by atoms with Gasteiger partial charge in [0.1, 0.15) is 0 Å². The number of rotatable bonds is 3. The molecule has 18 heavy (non-hydrogen) atoms. The molecule has 1 N–H and O–H groups in total. The van der Waals surface area contributed by atoms with E-state index in [9.17, 15) is 0 Å². The fourth-order valence-electron chi connectivity index (χ4n) is 2.61. The standard InChI is InChI=1S/C15H21Cl2N/c1-11-3-2-4-14(8-5-11)18-10-12-6-7-13(16)9-15(12)17/h6-7,9,11,14,18H,2-5,8,10H2,1H3. The van der Waals surface area contributed by atoms with E-state index in [2.05, 4.69) is 12.2 Å². The Morgan fingerprint density at radius 1 is 1.17 bits per heavy atom. The smallest absolute Gasteiger partial charge is 0.0465 e. The van der Waals surface area contributed by atoms with Crippen LogP contribution in [-0.2, 0) is 6.54 Å². The molecule has 0 spiro atoms. The third-order valence-corrected chi connectivity index (χ3v) is 4.44. The van der Waals surface area contributed by atoms with Crippen LogP contribution < -0.4 is 5.32 Å². The summed E-state index contributed by atoms with van der Waals surface area (Å²) in [5.74, 6) is 0.885. The minimum atomic E-state index is 0.640. The topological polar surface area (TPSA) is 12.0 Å². The van der Waals surface area contributed by atoms with Crippen LogP contribution in [0.1, 0.15) is 44.6 Å². The average Bonchev–Trinajstić information content (AvgIpc) is 2.53. The van der Waals surface area contributed by atoms with Crippen LogP contribution in [0.25, 0.3) is 0 Å². The minimum absolute atomic E-state index is 0.640. The second-order valence-corrected chi connectivity index (χ2v) is 6.27. The van der Waals surface area contributed by atoms with Gasteiger partial charge in [-0.25, -0.2) is 0 Å². The molecule has 1 fully saturated rings. The highest BCUT2D eigenvalue weighted by molar-refractivity contribution is 6.35. The van der Waals surface area contributed by atoms with Gasteiger partial charge in [0.15, 0.2) is 0 Å². The molecule has 0 radical (unpaired) electrons. The molecule has 3 heteroatoms. The highest BCUT2D eigenvalue weighted by Crippen LogP contribution is 2.24. The molecular formula is C15H21Cl2N. The van der Waals surface area contributed by atoms with E-state index in [0.717, 1.165) is 23.0 Å². The van der Waals surface area contributed by atoms with Gasteiger partial charge < -0.3 is 5.32 Å². The first kappa shape index (κ1) is 14.2.